The van der Waals surface area contributed by atoms with Crippen LogP contribution in [0, 0.1) is 11.8 Å². The molecule has 0 heterocycles. The van der Waals surface area contributed by atoms with Crippen molar-refractivity contribution < 1.29 is 21.6 Å². The van der Waals surface area contributed by atoms with Gasteiger partial charge in [-0.3, -0.25) is 0 Å². The molecule has 0 aromatic heterocycles. The van der Waals surface area contributed by atoms with Gasteiger partial charge in [-0.1, -0.05) is 31.9 Å². The Balaban J connectivity index is 1.77. The van der Waals surface area contributed by atoms with Gasteiger partial charge >= 0.3 is 6.18 Å². The number of hydrogen-bond donors (Lipinski definition) is 0. The van der Waals surface area contributed by atoms with E-state index in [9.17, 15) is 21.6 Å². The van der Waals surface area contributed by atoms with Gasteiger partial charge in [-0.25, -0.2) is 8.42 Å². The highest BCUT2D eigenvalue weighted by Crippen LogP contribution is 2.34. The molecule has 0 aliphatic heterocycles. The van der Waals surface area contributed by atoms with E-state index in [2.05, 4.69) is 0 Å². The van der Waals surface area contributed by atoms with Crippen LogP contribution < -0.4 is 0 Å². The molecule has 26 heavy (non-hydrogen) atoms. The molecule has 0 amide bonds. The van der Waals surface area contributed by atoms with Crippen molar-refractivity contribution in [1.29, 1.82) is 0 Å². The molecule has 1 aliphatic rings. The Morgan fingerprint density at radius 1 is 1.04 bits per heavy atom. The topological polar surface area (TPSA) is 34.1 Å². The van der Waals surface area contributed by atoms with Crippen LogP contribution in [-0.2, 0) is 22.4 Å². The summed E-state index contributed by atoms with van der Waals surface area (Å²) in [4.78, 5) is 0. The predicted molar refractivity (Wildman–Crippen MR) is 98.8 cm³/mol. The van der Waals surface area contributed by atoms with Gasteiger partial charge in [-0.15, -0.1) is 0 Å². The lowest BCUT2D eigenvalue weighted by Crippen LogP contribution is -2.27. The molecule has 1 aliphatic carbocycles. The average Bonchev–Trinajstić information content (AvgIpc) is 2.59. The number of hydrogen-bond acceptors (Lipinski definition) is 2. The lowest BCUT2D eigenvalue weighted by molar-refractivity contribution is -0.137. The summed E-state index contributed by atoms with van der Waals surface area (Å²) >= 11 is 0. The summed E-state index contributed by atoms with van der Waals surface area (Å²) in [5.74, 6) is 1.10. The quantitative estimate of drug-likeness (QED) is 0.602. The van der Waals surface area contributed by atoms with Crippen LogP contribution in [0.5, 0.6) is 0 Å². The van der Waals surface area contributed by atoms with Gasteiger partial charge in [-0.2, -0.15) is 13.2 Å². The van der Waals surface area contributed by atoms with Crippen LogP contribution in [0.15, 0.2) is 24.3 Å². The predicted octanol–water partition coefficient (Wildman–Crippen LogP) is 5.66. The van der Waals surface area contributed by atoms with Gasteiger partial charge in [0.2, 0.25) is 0 Å². The normalized spacial score (nSPS) is 23.0. The Bertz CT molecular complexity index is 657. The van der Waals surface area contributed by atoms with Crippen molar-refractivity contribution in [1.82, 2.24) is 0 Å². The molecule has 1 saturated carbocycles. The maximum absolute atomic E-state index is 12.6. The molecule has 0 N–H and O–H groups in total. The molecular weight excluding hydrogens is 361 g/mol. The van der Waals surface area contributed by atoms with Gasteiger partial charge in [0.05, 0.1) is 16.6 Å². The first kappa shape index (κ1) is 21.3. The molecule has 0 spiro atoms. The Hall–Kier alpha value is -1.04. The van der Waals surface area contributed by atoms with Crippen molar-refractivity contribution in [3.05, 3.63) is 35.4 Å². The summed E-state index contributed by atoms with van der Waals surface area (Å²) in [6, 6.07) is 5.41. The molecule has 1 aromatic rings. The Morgan fingerprint density at radius 3 is 2.08 bits per heavy atom. The molecule has 0 saturated heterocycles. The summed E-state index contributed by atoms with van der Waals surface area (Å²) in [5.41, 5.74) is 0.323. The molecular formula is C20H29F3O2S. The fourth-order valence-electron chi connectivity index (χ4n) is 3.66. The summed E-state index contributed by atoms with van der Waals surface area (Å²) in [6.45, 7) is 3.69. The van der Waals surface area contributed by atoms with Crippen LogP contribution >= 0.6 is 0 Å². The number of benzene rings is 1. The lowest BCUT2D eigenvalue weighted by Gasteiger charge is -2.29. The zero-order valence-corrected chi connectivity index (χ0v) is 16.4. The SMILES string of the molecule is CCC(C)S(=O)(=O)CC1CCC(CCc2ccc(C(F)(F)F)cc2)CC1. The molecule has 6 heteroatoms. The third kappa shape index (κ3) is 6.00. The Morgan fingerprint density at radius 2 is 1.58 bits per heavy atom. The van der Waals surface area contributed by atoms with E-state index < -0.39 is 21.6 Å². The van der Waals surface area contributed by atoms with Gasteiger partial charge in [-0.05, 0) is 68.6 Å². The van der Waals surface area contributed by atoms with Gasteiger partial charge in [0.25, 0.3) is 0 Å². The number of rotatable bonds is 7. The number of sulfone groups is 1. The molecule has 0 radical (unpaired) electrons. The van der Waals surface area contributed by atoms with Gasteiger partial charge in [0, 0.05) is 0 Å². The largest absolute Gasteiger partial charge is 0.416 e. The van der Waals surface area contributed by atoms with E-state index in [1.54, 1.807) is 19.1 Å². The van der Waals surface area contributed by atoms with E-state index in [-0.39, 0.29) is 11.2 Å². The minimum absolute atomic E-state index is 0.260. The van der Waals surface area contributed by atoms with Gasteiger partial charge in [0.15, 0.2) is 9.84 Å². The Kier molecular flexibility index (Phi) is 7.17. The average molecular weight is 391 g/mol. The summed E-state index contributed by atoms with van der Waals surface area (Å²) < 4.78 is 62.2. The van der Waals surface area contributed by atoms with Crippen molar-refractivity contribution in [2.24, 2.45) is 11.8 Å². The zero-order valence-electron chi connectivity index (χ0n) is 15.6. The van der Waals surface area contributed by atoms with Crippen molar-refractivity contribution in [3.63, 3.8) is 0 Å². The number of alkyl halides is 3. The first-order valence-electron chi connectivity index (χ1n) is 9.49. The van der Waals surface area contributed by atoms with E-state index >= 15 is 0 Å². The highest BCUT2D eigenvalue weighted by molar-refractivity contribution is 7.92. The fraction of sp³-hybridized carbons (Fsp3) is 0.700. The van der Waals surface area contributed by atoms with Crippen LogP contribution in [-0.4, -0.2) is 19.4 Å². The first-order valence-corrected chi connectivity index (χ1v) is 11.2. The summed E-state index contributed by atoms with van der Waals surface area (Å²) in [6.07, 6.45) is 2.01. The minimum atomic E-state index is -4.29. The molecule has 2 nitrogen and oxygen atoms in total. The van der Waals surface area contributed by atoms with Crippen LogP contribution in [0.1, 0.15) is 63.5 Å². The molecule has 0 bridgehead atoms. The number of aryl methyl sites for hydroxylation is 1. The Labute approximate surface area is 155 Å². The second-order valence-corrected chi connectivity index (χ2v) is 10.1. The van der Waals surface area contributed by atoms with Crippen molar-refractivity contribution in [2.75, 3.05) is 5.75 Å². The third-order valence-electron chi connectivity index (χ3n) is 5.74. The van der Waals surface area contributed by atoms with Crippen LogP contribution in [0.3, 0.4) is 0 Å². The molecule has 2 rings (SSSR count). The van der Waals surface area contributed by atoms with Gasteiger partial charge in [0.1, 0.15) is 0 Å². The lowest BCUT2D eigenvalue weighted by atomic mass is 9.80. The third-order valence-corrected chi connectivity index (χ3v) is 8.24. The van der Waals surface area contributed by atoms with Crippen LogP contribution in [0.25, 0.3) is 0 Å². The monoisotopic (exact) mass is 390 g/mol. The van der Waals surface area contributed by atoms with Crippen molar-refractivity contribution in [3.8, 4) is 0 Å². The number of halogens is 3. The summed E-state index contributed by atoms with van der Waals surface area (Å²) in [5, 5.41) is -0.264. The maximum atomic E-state index is 12.6. The second kappa shape index (κ2) is 8.77. The van der Waals surface area contributed by atoms with E-state index in [4.69, 9.17) is 0 Å². The maximum Gasteiger partial charge on any atom is 0.416 e. The molecule has 1 unspecified atom stereocenters. The summed E-state index contributed by atoms with van der Waals surface area (Å²) in [7, 11) is -2.99. The molecule has 1 aromatic carbocycles. The zero-order chi connectivity index (χ0) is 19.4. The second-order valence-electron chi connectivity index (χ2n) is 7.67. The minimum Gasteiger partial charge on any atom is -0.229 e. The van der Waals surface area contributed by atoms with E-state index in [0.29, 0.717) is 18.1 Å². The van der Waals surface area contributed by atoms with Gasteiger partial charge < -0.3 is 0 Å². The van der Waals surface area contributed by atoms with E-state index in [0.717, 1.165) is 56.2 Å². The van der Waals surface area contributed by atoms with Crippen molar-refractivity contribution in [2.45, 2.75) is 70.2 Å². The molecule has 1 atom stereocenters. The first-order chi connectivity index (χ1) is 12.1. The highest BCUT2D eigenvalue weighted by atomic mass is 32.2. The fourth-order valence-corrected chi connectivity index (χ4v) is 5.49. The highest BCUT2D eigenvalue weighted by Gasteiger charge is 2.30. The van der Waals surface area contributed by atoms with E-state index in [1.807, 2.05) is 6.92 Å². The van der Waals surface area contributed by atoms with Crippen LogP contribution in [0.2, 0.25) is 0 Å². The van der Waals surface area contributed by atoms with Crippen LogP contribution in [0.4, 0.5) is 13.2 Å². The standard InChI is InChI=1S/C20H29F3O2S/c1-3-15(2)26(24,25)14-18-8-6-16(7-9-18)4-5-17-10-12-19(13-11-17)20(21,22)23/h10-13,15-16,18H,3-9,14H2,1-2H3. The molecule has 1 fully saturated rings. The van der Waals surface area contributed by atoms with E-state index in [1.165, 1.54) is 0 Å². The smallest absolute Gasteiger partial charge is 0.229 e. The van der Waals surface area contributed by atoms with Crippen molar-refractivity contribution >= 4 is 9.84 Å². The molecule has 148 valence electrons.